The molecule has 0 saturated heterocycles. The van der Waals surface area contributed by atoms with E-state index in [0.29, 0.717) is 5.95 Å². The molecule has 1 aromatic carbocycles. The summed E-state index contributed by atoms with van der Waals surface area (Å²) in [6, 6.07) is 10.1. The van der Waals surface area contributed by atoms with Gasteiger partial charge in [-0.15, -0.1) is 11.3 Å². The Bertz CT molecular complexity index is 688. The van der Waals surface area contributed by atoms with Gasteiger partial charge in [-0.1, -0.05) is 17.7 Å². The molecular formula is C13H12N4S. The van der Waals surface area contributed by atoms with Crippen LogP contribution in [0.2, 0.25) is 0 Å². The molecule has 0 spiro atoms. The van der Waals surface area contributed by atoms with Crippen LogP contribution in [0.4, 0.5) is 17.5 Å². The molecule has 0 bridgehead atoms. The van der Waals surface area contributed by atoms with Gasteiger partial charge >= 0.3 is 0 Å². The summed E-state index contributed by atoms with van der Waals surface area (Å²) in [4.78, 5) is 9.35. The minimum absolute atomic E-state index is 0.291. The number of rotatable bonds is 2. The summed E-state index contributed by atoms with van der Waals surface area (Å²) in [5, 5.41) is 6.26. The Hall–Kier alpha value is -2.14. The topological polar surface area (TPSA) is 63.8 Å². The summed E-state index contributed by atoms with van der Waals surface area (Å²) >= 11 is 1.56. The van der Waals surface area contributed by atoms with Gasteiger partial charge in [0.25, 0.3) is 0 Å². The highest BCUT2D eigenvalue weighted by molar-refractivity contribution is 7.16. The van der Waals surface area contributed by atoms with Crippen LogP contribution in [0.1, 0.15) is 5.56 Å². The summed E-state index contributed by atoms with van der Waals surface area (Å²) in [6.07, 6.45) is 0. The van der Waals surface area contributed by atoms with Crippen molar-refractivity contribution >= 4 is 39.0 Å². The Morgan fingerprint density at radius 3 is 2.67 bits per heavy atom. The quantitative estimate of drug-likeness (QED) is 0.738. The Kier molecular flexibility index (Phi) is 2.60. The van der Waals surface area contributed by atoms with Crippen molar-refractivity contribution in [2.45, 2.75) is 6.92 Å². The highest BCUT2D eigenvalue weighted by atomic mass is 32.1. The molecule has 0 unspecified atom stereocenters. The van der Waals surface area contributed by atoms with Gasteiger partial charge in [-0.3, -0.25) is 0 Å². The number of aromatic nitrogens is 2. The average molecular weight is 256 g/mol. The SMILES string of the molecule is Cc1ccc(Nc2nc(N)nc3sccc23)cc1. The zero-order chi connectivity index (χ0) is 12.5. The van der Waals surface area contributed by atoms with Gasteiger partial charge < -0.3 is 11.1 Å². The van der Waals surface area contributed by atoms with Crippen LogP contribution in [-0.2, 0) is 0 Å². The van der Waals surface area contributed by atoms with Gasteiger partial charge in [0.2, 0.25) is 5.95 Å². The number of hydrogen-bond donors (Lipinski definition) is 2. The van der Waals surface area contributed by atoms with Gasteiger partial charge in [-0.2, -0.15) is 4.98 Å². The molecule has 3 N–H and O–H groups in total. The number of nitrogens with zero attached hydrogens (tertiary/aromatic N) is 2. The largest absolute Gasteiger partial charge is 0.368 e. The van der Waals surface area contributed by atoms with E-state index in [1.54, 1.807) is 11.3 Å². The van der Waals surface area contributed by atoms with Crippen LogP contribution in [0.5, 0.6) is 0 Å². The van der Waals surface area contributed by atoms with E-state index in [1.165, 1.54) is 5.56 Å². The second kappa shape index (κ2) is 4.27. The minimum Gasteiger partial charge on any atom is -0.368 e. The van der Waals surface area contributed by atoms with E-state index < -0.39 is 0 Å². The number of nitrogens with one attached hydrogen (secondary N) is 1. The molecule has 3 rings (SSSR count). The average Bonchev–Trinajstić information content (AvgIpc) is 2.80. The molecule has 4 nitrogen and oxygen atoms in total. The Morgan fingerprint density at radius 1 is 1.11 bits per heavy atom. The van der Waals surface area contributed by atoms with E-state index in [0.717, 1.165) is 21.7 Å². The van der Waals surface area contributed by atoms with Crippen molar-refractivity contribution in [2.24, 2.45) is 0 Å². The molecule has 5 heteroatoms. The third-order valence-electron chi connectivity index (χ3n) is 2.66. The predicted molar refractivity (Wildman–Crippen MR) is 76.3 cm³/mol. The van der Waals surface area contributed by atoms with Crippen LogP contribution < -0.4 is 11.1 Å². The molecule has 0 aliphatic carbocycles. The van der Waals surface area contributed by atoms with Crippen molar-refractivity contribution in [1.82, 2.24) is 9.97 Å². The number of benzene rings is 1. The second-order valence-electron chi connectivity index (χ2n) is 4.06. The van der Waals surface area contributed by atoms with Crippen LogP contribution in [-0.4, -0.2) is 9.97 Å². The molecule has 0 atom stereocenters. The summed E-state index contributed by atoms with van der Waals surface area (Å²) in [7, 11) is 0. The second-order valence-corrected chi connectivity index (χ2v) is 4.96. The van der Waals surface area contributed by atoms with Crippen LogP contribution in [0.3, 0.4) is 0 Å². The van der Waals surface area contributed by atoms with E-state index in [9.17, 15) is 0 Å². The molecule has 0 fully saturated rings. The number of nitrogens with two attached hydrogens (primary N) is 1. The molecule has 0 saturated carbocycles. The lowest BCUT2D eigenvalue weighted by Gasteiger charge is -2.07. The third kappa shape index (κ3) is 2.00. The molecule has 18 heavy (non-hydrogen) atoms. The lowest BCUT2D eigenvalue weighted by Crippen LogP contribution is -2.00. The Labute approximate surface area is 109 Å². The van der Waals surface area contributed by atoms with Crippen molar-refractivity contribution in [3.8, 4) is 0 Å². The van der Waals surface area contributed by atoms with Gasteiger partial charge in [0.15, 0.2) is 0 Å². The third-order valence-corrected chi connectivity index (χ3v) is 3.46. The smallest absolute Gasteiger partial charge is 0.223 e. The van der Waals surface area contributed by atoms with Crippen LogP contribution >= 0.6 is 11.3 Å². The van der Waals surface area contributed by atoms with Crippen LogP contribution in [0.25, 0.3) is 10.2 Å². The first-order chi connectivity index (χ1) is 8.72. The van der Waals surface area contributed by atoms with Gasteiger partial charge in [0.05, 0.1) is 5.39 Å². The lowest BCUT2D eigenvalue weighted by molar-refractivity contribution is 1.24. The van der Waals surface area contributed by atoms with E-state index in [4.69, 9.17) is 5.73 Å². The van der Waals surface area contributed by atoms with Crippen molar-refractivity contribution in [3.05, 3.63) is 41.3 Å². The summed E-state index contributed by atoms with van der Waals surface area (Å²) in [5.74, 6) is 1.04. The monoisotopic (exact) mass is 256 g/mol. The van der Waals surface area contributed by atoms with Gasteiger partial charge in [0, 0.05) is 5.69 Å². The number of fused-ring (bicyclic) bond motifs is 1. The van der Waals surface area contributed by atoms with Crippen LogP contribution in [0.15, 0.2) is 35.7 Å². The summed E-state index contributed by atoms with van der Waals surface area (Å²) in [6.45, 7) is 2.06. The molecule has 0 aliphatic rings. The van der Waals surface area contributed by atoms with E-state index in [2.05, 4.69) is 34.3 Å². The molecule has 3 aromatic rings. The van der Waals surface area contributed by atoms with E-state index in [-0.39, 0.29) is 0 Å². The number of nitrogen functional groups attached to an aromatic ring is 1. The van der Waals surface area contributed by atoms with E-state index in [1.807, 2.05) is 23.6 Å². The maximum absolute atomic E-state index is 5.71. The predicted octanol–water partition coefficient (Wildman–Crippen LogP) is 3.33. The molecule has 0 radical (unpaired) electrons. The normalized spacial score (nSPS) is 10.7. The van der Waals surface area contributed by atoms with Crippen molar-refractivity contribution in [2.75, 3.05) is 11.1 Å². The van der Waals surface area contributed by atoms with Crippen molar-refractivity contribution in [1.29, 1.82) is 0 Å². The Balaban J connectivity index is 2.03. The summed E-state index contributed by atoms with van der Waals surface area (Å²) < 4.78 is 0. The molecule has 2 heterocycles. The standard InChI is InChI=1S/C13H12N4S/c1-8-2-4-9(5-3-8)15-11-10-6-7-18-12(10)17-13(14)16-11/h2-7H,1H3,(H3,14,15,16,17). The highest BCUT2D eigenvalue weighted by Gasteiger charge is 2.07. The highest BCUT2D eigenvalue weighted by Crippen LogP contribution is 2.27. The lowest BCUT2D eigenvalue weighted by atomic mass is 10.2. The fraction of sp³-hybridized carbons (Fsp3) is 0.0769. The first-order valence-corrected chi connectivity index (χ1v) is 6.45. The maximum atomic E-state index is 5.71. The fourth-order valence-electron chi connectivity index (χ4n) is 1.74. The number of thiophene rings is 1. The Morgan fingerprint density at radius 2 is 1.89 bits per heavy atom. The van der Waals surface area contributed by atoms with Crippen molar-refractivity contribution in [3.63, 3.8) is 0 Å². The molecule has 90 valence electrons. The maximum Gasteiger partial charge on any atom is 0.223 e. The zero-order valence-corrected chi connectivity index (χ0v) is 10.7. The molecule has 0 amide bonds. The number of aryl methyl sites for hydroxylation is 1. The molecule has 0 aliphatic heterocycles. The van der Waals surface area contributed by atoms with Gasteiger partial charge in [-0.25, -0.2) is 4.98 Å². The first kappa shape index (κ1) is 11.0. The minimum atomic E-state index is 0.291. The van der Waals surface area contributed by atoms with Gasteiger partial charge in [0.1, 0.15) is 10.6 Å². The number of hydrogen-bond acceptors (Lipinski definition) is 5. The molecule has 2 aromatic heterocycles. The fourth-order valence-corrected chi connectivity index (χ4v) is 2.51. The first-order valence-electron chi connectivity index (χ1n) is 5.57. The zero-order valence-electron chi connectivity index (χ0n) is 9.84. The van der Waals surface area contributed by atoms with Crippen LogP contribution in [0, 0.1) is 6.92 Å². The van der Waals surface area contributed by atoms with Gasteiger partial charge in [-0.05, 0) is 30.5 Å². The number of anilines is 3. The van der Waals surface area contributed by atoms with E-state index >= 15 is 0 Å². The molecular weight excluding hydrogens is 244 g/mol. The van der Waals surface area contributed by atoms with Crippen molar-refractivity contribution < 1.29 is 0 Å². The summed E-state index contributed by atoms with van der Waals surface area (Å²) in [5.41, 5.74) is 7.92.